The van der Waals surface area contributed by atoms with Crippen molar-refractivity contribution in [3.05, 3.63) is 0 Å². The summed E-state index contributed by atoms with van der Waals surface area (Å²) in [5, 5.41) is 0. The van der Waals surface area contributed by atoms with Gasteiger partial charge in [0.1, 0.15) is 0 Å². The average Bonchev–Trinajstić information content (AvgIpc) is 2.28. The molecule has 0 aromatic rings. The molecule has 1 fully saturated rings. The van der Waals surface area contributed by atoms with Gasteiger partial charge in [-0.25, -0.2) is 0 Å². The van der Waals surface area contributed by atoms with E-state index in [0.717, 1.165) is 32.4 Å². The largest absolute Gasteiger partial charge is 0.341 e. The van der Waals surface area contributed by atoms with Crippen LogP contribution in [0.4, 0.5) is 0 Å². The monoisotopic (exact) mass is 246 g/mol. The van der Waals surface area contributed by atoms with Crippen LogP contribution in [0.1, 0.15) is 32.1 Å². The standard InChI is InChI=1S/C12H23ClN2O/c1-14-9-5-6-11(10-14)15(2)12(16)7-3-4-8-13/h11H,3-10H2,1-2H3. The van der Waals surface area contributed by atoms with Crippen molar-refractivity contribution in [3.8, 4) is 0 Å². The summed E-state index contributed by atoms with van der Waals surface area (Å²) in [4.78, 5) is 16.1. The number of rotatable bonds is 5. The molecule has 1 heterocycles. The van der Waals surface area contributed by atoms with Crippen LogP contribution in [0.25, 0.3) is 0 Å². The van der Waals surface area contributed by atoms with Crippen LogP contribution in [0.15, 0.2) is 0 Å². The number of carbonyl (C=O) groups excluding carboxylic acids is 1. The second-order valence-electron chi connectivity index (χ2n) is 4.71. The van der Waals surface area contributed by atoms with Crippen LogP contribution in [0, 0.1) is 0 Å². The lowest BCUT2D eigenvalue weighted by molar-refractivity contribution is -0.133. The van der Waals surface area contributed by atoms with E-state index in [1.54, 1.807) is 0 Å². The van der Waals surface area contributed by atoms with Gasteiger partial charge in [-0.3, -0.25) is 4.79 Å². The molecule has 3 nitrogen and oxygen atoms in total. The van der Waals surface area contributed by atoms with Gasteiger partial charge in [-0.05, 0) is 39.3 Å². The van der Waals surface area contributed by atoms with E-state index in [0.29, 0.717) is 18.3 Å². The van der Waals surface area contributed by atoms with Crippen molar-refractivity contribution in [2.45, 2.75) is 38.1 Å². The maximum absolute atomic E-state index is 11.9. The predicted octanol–water partition coefficient (Wildman–Crippen LogP) is 1.95. The van der Waals surface area contributed by atoms with Gasteiger partial charge in [0.15, 0.2) is 0 Å². The van der Waals surface area contributed by atoms with Gasteiger partial charge in [0.05, 0.1) is 0 Å². The first-order valence-electron chi connectivity index (χ1n) is 6.15. The number of likely N-dealkylation sites (N-methyl/N-ethyl adjacent to an activating group) is 2. The lowest BCUT2D eigenvalue weighted by Gasteiger charge is -2.35. The summed E-state index contributed by atoms with van der Waals surface area (Å²) in [5.74, 6) is 0.925. The second-order valence-corrected chi connectivity index (χ2v) is 5.09. The van der Waals surface area contributed by atoms with Gasteiger partial charge in [0, 0.05) is 31.9 Å². The molecule has 1 unspecified atom stereocenters. The van der Waals surface area contributed by atoms with Crippen molar-refractivity contribution in [3.63, 3.8) is 0 Å². The summed E-state index contributed by atoms with van der Waals surface area (Å²) < 4.78 is 0. The van der Waals surface area contributed by atoms with E-state index in [4.69, 9.17) is 11.6 Å². The highest BCUT2D eigenvalue weighted by atomic mass is 35.5. The average molecular weight is 247 g/mol. The molecule has 16 heavy (non-hydrogen) atoms. The van der Waals surface area contributed by atoms with Gasteiger partial charge in [0.25, 0.3) is 0 Å². The Labute approximate surface area is 104 Å². The molecule has 0 aromatic heterocycles. The summed E-state index contributed by atoms with van der Waals surface area (Å²) in [6, 6.07) is 0.405. The van der Waals surface area contributed by atoms with Gasteiger partial charge in [0.2, 0.25) is 5.91 Å². The summed E-state index contributed by atoms with van der Waals surface area (Å²) in [5.41, 5.74) is 0. The van der Waals surface area contributed by atoms with Crippen LogP contribution in [0.3, 0.4) is 0 Å². The highest BCUT2D eigenvalue weighted by Crippen LogP contribution is 2.14. The number of nitrogens with zero attached hydrogens (tertiary/aromatic N) is 2. The molecule has 1 amide bonds. The molecule has 0 aliphatic carbocycles. The zero-order chi connectivity index (χ0) is 12.0. The first kappa shape index (κ1) is 13.8. The van der Waals surface area contributed by atoms with Gasteiger partial charge in [-0.1, -0.05) is 0 Å². The Bertz CT molecular complexity index is 223. The number of alkyl halides is 1. The van der Waals surface area contributed by atoms with E-state index >= 15 is 0 Å². The lowest BCUT2D eigenvalue weighted by atomic mass is 10.0. The SMILES string of the molecule is CN1CCCC(N(C)C(=O)CCCCCl)C1. The van der Waals surface area contributed by atoms with Crippen LogP contribution in [-0.4, -0.2) is 54.8 Å². The minimum Gasteiger partial charge on any atom is -0.341 e. The first-order chi connectivity index (χ1) is 7.65. The third-order valence-corrected chi connectivity index (χ3v) is 3.58. The highest BCUT2D eigenvalue weighted by Gasteiger charge is 2.23. The number of halogens is 1. The smallest absolute Gasteiger partial charge is 0.222 e. The van der Waals surface area contributed by atoms with Crippen molar-refractivity contribution in [2.75, 3.05) is 33.1 Å². The fraction of sp³-hybridized carbons (Fsp3) is 0.917. The van der Waals surface area contributed by atoms with Crippen LogP contribution in [0.2, 0.25) is 0 Å². The summed E-state index contributed by atoms with van der Waals surface area (Å²) in [6.07, 6.45) is 4.83. The van der Waals surface area contributed by atoms with Gasteiger partial charge in [-0.2, -0.15) is 0 Å². The highest BCUT2D eigenvalue weighted by molar-refractivity contribution is 6.17. The zero-order valence-electron chi connectivity index (χ0n) is 10.4. The zero-order valence-corrected chi connectivity index (χ0v) is 11.2. The van der Waals surface area contributed by atoms with Gasteiger partial charge < -0.3 is 9.80 Å². The molecular weight excluding hydrogens is 224 g/mol. The van der Waals surface area contributed by atoms with Crippen molar-refractivity contribution in [1.82, 2.24) is 9.80 Å². The number of piperidine rings is 1. The maximum Gasteiger partial charge on any atom is 0.222 e. The molecule has 0 bridgehead atoms. The molecule has 1 rings (SSSR count). The van der Waals surface area contributed by atoms with Gasteiger partial charge in [-0.15, -0.1) is 11.6 Å². The Morgan fingerprint density at radius 2 is 2.25 bits per heavy atom. The predicted molar refractivity (Wildman–Crippen MR) is 67.9 cm³/mol. The third kappa shape index (κ3) is 4.30. The van der Waals surface area contributed by atoms with E-state index in [1.165, 1.54) is 6.42 Å². The first-order valence-corrected chi connectivity index (χ1v) is 6.68. The van der Waals surface area contributed by atoms with Gasteiger partial charge >= 0.3 is 0 Å². The van der Waals surface area contributed by atoms with Crippen LogP contribution in [-0.2, 0) is 4.79 Å². The van der Waals surface area contributed by atoms with E-state index in [-0.39, 0.29) is 5.91 Å². The molecule has 1 atom stereocenters. The number of hydrogen-bond acceptors (Lipinski definition) is 2. The molecule has 0 saturated carbocycles. The maximum atomic E-state index is 11.9. The Kier molecular flexibility index (Phi) is 6.14. The topological polar surface area (TPSA) is 23.6 Å². The molecule has 1 aliphatic heterocycles. The number of likely N-dealkylation sites (tertiary alicyclic amines) is 1. The van der Waals surface area contributed by atoms with Crippen molar-refractivity contribution < 1.29 is 4.79 Å². The van der Waals surface area contributed by atoms with E-state index < -0.39 is 0 Å². The molecule has 1 aliphatic rings. The minimum absolute atomic E-state index is 0.269. The number of hydrogen-bond donors (Lipinski definition) is 0. The molecule has 0 N–H and O–H groups in total. The summed E-state index contributed by atoms with van der Waals surface area (Å²) in [6.45, 7) is 2.17. The van der Waals surface area contributed by atoms with Crippen molar-refractivity contribution >= 4 is 17.5 Å². The lowest BCUT2D eigenvalue weighted by Crippen LogP contribution is -2.47. The quantitative estimate of drug-likeness (QED) is 0.547. The third-order valence-electron chi connectivity index (χ3n) is 3.31. The molecule has 4 heteroatoms. The van der Waals surface area contributed by atoms with Crippen LogP contribution >= 0.6 is 11.6 Å². The molecule has 94 valence electrons. The fourth-order valence-corrected chi connectivity index (χ4v) is 2.39. The number of amides is 1. The molecule has 0 spiro atoms. The summed E-state index contributed by atoms with van der Waals surface area (Å²) >= 11 is 5.60. The van der Waals surface area contributed by atoms with E-state index in [2.05, 4.69) is 11.9 Å². The molecule has 0 radical (unpaired) electrons. The number of unbranched alkanes of at least 4 members (excludes halogenated alkanes) is 1. The van der Waals surface area contributed by atoms with Crippen molar-refractivity contribution in [2.24, 2.45) is 0 Å². The summed E-state index contributed by atoms with van der Waals surface area (Å²) in [7, 11) is 4.06. The van der Waals surface area contributed by atoms with Crippen molar-refractivity contribution in [1.29, 1.82) is 0 Å². The minimum atomic E-state index is 0.269. The Hall–Kier alpha value is -0.280. The normalized spacial score (nSPS) is 22.1. The van der Waals surface area contributed by atoms with E-state index in [9.17, 15) is 4.79 Å². The Morgan fingerprint density at radius 3 is 2.88 bits per heavy atom. The molecule has 1 saturated heterocycles. The fourth-order valence-electron chi connectivity index (χ4n) is 2.21. The van der Waals surface area contributed by atoms with Crippen LogP contribution < -0.4 is 0 Å². The second kappa shape index (κ2) is 7.13. The van der Waals surface area contributed by atoms with E-state index in [1.807, 2.05) is 11.9 Å². The Balaban J connectivity index is 2.31. The van der Waals surface area contributed by atoms with Crippen LogP contribution in [0.5, 0.6) is 0 Å². The molecule has 0 aromatic carbocycles. The molecular formula is C12H23ClN2O. The Morgan fingerprint density at radius 1 is 1.50 bits per heavy atom. The number of carbonyl (C=O) groups is 1.